The predicted octanol–water partition coefficient (Wildman–Crippen LogP) is 6.07. The number of phenolic OH excluding ortho intramolecular Hbond substituents is 2. The van der Waals surface area contributed by atoms with Crippen molar-refractivity contribution in [1.29, 1.82) is 0 Å². The number of benzene rings is 5. The van der Waals surface area contributed by atoms with Crippen LogP contribution in [-0.2, 0) is 67.1 Å². The van der Waals surface area contributed by atoms with Gasteiger partial charge in [0, 0.05) is 93.2 Å². The van der Waals surface area contributed by atoms with Gasteiger partial charge in [-0.2, -0.15) is 0 Å². The molecule has 0 radical (unpaired) electrons. The molecule has 1 atom stereocenters. The molecule has 0 aromatic heterocycles. The number of methoxy groups -OCH3 is 3. The minimum atomic E-state index is -0.721. The minimum Gasteiger partial charge on any atom is -0.507 e. The van der Waals surface area contributed by atoms with E-state index < -0.39 is 35.7 Å². The molecule has 18 nitrogen and oxygen atoms in total. The van der Waals surface area contributed by atoms with Gasteiger partial charge in [-0.1, -0.05) is 11.6 Å². The van der Waals surface area contributed by atoms with E-state index >= 15 is 0 Å². The number of aliphatic hydroxyl groups is 2. The molecule has 74 heavy (non-hydrogen) atoms. The lowest BCUT2D eigenvalue weighted by Gasteiger charge is -2.26. The highest BCUT2D eigenvalue weighted by Gasteiger charge is 2.36. The van der Waals surface area contributed by atoms with Gasteiger partial charge in [-0.3, -0.25) is 24.2 Å². The molecule has 1 unspecified atom stereocenters. The number of carbonyl (C=O) groups is 2. The van der Waals surface area contributed by atoms with Crippen molar-refractivity contribution in [2.75, 3.05) is 120 Å². The summed E-state index contributed by atoms with van der Waals surface area (Å²) < 4.78 is 49.0. The summed E-state index contributed by atoms with van der Waals surface area (Å²) in [7, 11) is 4.61. The number of carbonyl (C=O) groups excluding carboxylic acids is 2. The van der Waals surface area contributed by atoms with E-state index in [2.05, 4.69) is 0 Å². The monoisotopic (exact) mass is 1030 g/mol. The second kappa shape index (κ2) is 29.2. The summed E-state index contributed by atoms with van der Waals surface area (Å²) in [4.78, 5) is 59.7. The van der Waals surface area contributed by atoms with Crippen LogP contribution in [0.15, 0.2) is 32.3 Å². The Hall–Kier alpha value is -5.25. The molecule has 5 aromatic rings. The Morgan fingerprint density at radius 1 is 0.554 bits per heavy atom. The number of hydrogen-bond acceptors (Lipinski definition) is 18. The van der Waals surface area contributed by atoms with Gasteiger partial charge in [-0.15, -0.1) is 0 Å². The van der Waals surface area contributed by atoms with Crippen molar-refractivity contribution in [3.8, 4) is 17.2 Å². The third-order valence-electron chi connectivity index (χ3n) is 13.4. The van der Waals surface area contributed by atoms with Crippen LogP contribution < -0.4 is 15.6 Å². The van der Waals surface area contributed by atoms with Gasteiger partial charge in [-0.05, 0) is 89.9 Å². The second-order valence-electron chi connectivity index (χ2n) is 18.3. The van der Waals surface area contributed by atoms with E-state index in [4.69, 9.17) is 47.6 Å². The Labute approximate surface area is 430 Å². The van der Waals surface area contributed by atoms with Gasteiger partial charge < -0.3 is 63.1 Å². The summed E-state index contributed by atoms with van der Waals surface area (Å²) >= 11 is 0. The molecule has 1 aliphatic carbocycles. The Balaban J connectivity index is 1.28. The van der Waals surface area contributed by atoms with Crippen LogP contribution in [-0.4, -0.2) is 158 Å². The average Bonchev–Trinajstić information content (AvgIpc) is 3.51. The Morgan fingerprint density at radius 3 is 1.49 bits per heavy atom. The standard InChI is InChI=1S/C56H73NO17/c1-34-29-41-40(12-6-9-38(60)10-7-15-69-21-23-73-27-25-71-19-17-66-3)54(64)48-42(62)30-36(32-58)45-46-37(33-59)31-43(63)49-51(46)52(47(41)50(45)48)53(56(68-5)55(49)65)44(34)35(2)57-14-13-39(61)11-8-16-70-22-24-74-28-26-72-20-18-67-4/h29-31,44,58-59,64-65H,6-28,32-33H2,1-5H3. The summed E-state index contributed by atoms with van der Waals surface area (Å²) in [5.41, 5.74) is 1.92. The molecule has 0 spiro atoms. The third-order valence-corrected chi connectivity index (χ3v) is 13.4. The molecule has 0 saturated carbocycles. The number of ether oxygens (including phenoxy) is 9. The fourth-order valence-corrected chi connectivity index (χ4v) is 10.0. The van der Waals surface area contributed by atoms with Crippen molar-refractivity contribution in [3.05, 3.63) is 66.0 Å². The topological polar surface area (TPSA) is 245 Å². The summed E-state index contributed by atoms with van der Waals surface area (Å²) in [5.74, 6) is -1.41. The van der Waals surface area contributed by atoms with Crippen LogP contribution in [0.2, 0.25) is 0 Å². The largest absolute Gasteiger partial charge is 0.507 e. The minimum absolute atomic E-state index is 0.00152. The number of aromatic hydroxyl groups is 2. The smallest absolute Gasteiger partial charge is 0.190 e. The number of ketones is 2. The van der Waals surface area contributed by atoms with Crippen molar-refractivity contribution >= 4 is 66.4 Å². The van der Waals surface area contributed by atoms with Gasteiger partial charge in [0.1, 0.15) is 17.3 Å². The lowest BCUT2D eigenvalue weighted by atomic mass is 9.78. The van der Waals surface area contributed by atoms with Crippen LogP contribution in [0.3, 0.4) is 0 Å². The zero-order chi connectivity index (χ0) is 53.1. The maximum Gasteiger partial charge on any atom is 0.190 e. The zero-order valence-corrected chi connectivity index (χ0v) is 43.5. The number of allylic oxidation sites excluding steroid dienone is 1. The zero-order valence-electron chi connectivity index (χ0n) is 43.5. The molecule has 0 saturated heterocycles. The fraction of sp³-hybridized carbons (Fsp3) is 0.554. The molecule has 0 heterocycles. The number of Topliss-reactive ketones (excluding diaryl/α,β-unsaturated/α-hetero) is 2. The first-order valence-electron chi connectivity index (χ1n) is 25.5. The summed E-state index contributed by atoms with van der Waals surface area (Å²) in [6.07, 6.45) is 4.39. The summed E-state index contributed by atoms with van der Waals surface area (Å²) in [6, 6.07) is 2.48. The summed E-state index contributed by atoms with van der Waals surface area (Å²) in [6.45, 7) is 8.88. The van der Waals surface area contributed by atoms with Crippen LogP contribution in [0.4, 0.5) is 0 Å². The van der Waals surface area contributed by atoms with Crippen LogP contribution in [0, 0.1) is 0 Å². The summed E-state index contributed by atoms with van der Waals surface area (Å²) in [5, 5.41) is 48.4. The van der Waals surface area contributed by atoms with Crippen LogP contribution in [0.25, 0.3) is 49.2 Å². The van der Waals surface area contributed by atoms with E-state index in [-0.39, 0.29) is 77.2 Å². The molecule has 4 N–H and O–H groups in total. The fourth-order valence-electron chi connectivity index (χ4n) is 10.0. The van der Waals surface area contributed by atoms with Gasteiger partial charge in [-0.25, -0.2) is 0 Å². The van der Waals surface area contributed by atoms with Crippen LogP contribution in [0.5, 0.6) is 17.2 Å². The second-order valence-corrected chi connectivity index (χ2v) is 18.3. The van der Waals surface area contributed by atoms with Gasteiger partial charge in [0.2, 0.25) is 0 Å². The molecule has 0 amide bonds. The molecule has 404 valence electrons. The van der Waals surface area contributed by atoms with Crippen molar-refractivity contribution in [1.82, 2.24) is 0 Å². The van der Waals surface area contributed by atoms with E-state index in [0.29, 0.717) is 178 Å². The van der Waals surface area contributed by atoms with Gasteiger partial charge >= 0.3 is 0 Å². The highest BCUT2D eigenvalue weighted by Crippen LogP contribution is 2.56. The van der Waals surface area contributed by atoms with Crippen molar-refractivity contribution in [2.24, 2.45) is 4.99 Å². The first-order valence-corrected chi connectivity index (χ1v) is 25.5. The quantitative estimate of drug-likeness (QED) is 0.0153. The van der Waals surface area contributed by atoms with Crippen LogP contribution >= 0.6 is 0 Å². The van der Waals surface area contributed by atoms with Crippen molar-refractivity contribution in [3.63, 3.8) is 0 Å². The SMILES string of the molecule is COCCOCCOCCOCCCC(=O)CCCc1c(O)c2c(=O)cc(CO)c3c4c(CO)cc(=O)c5c(O)c(OC)c6c(c(c1C=C(C)C6C(C)=NCCC(=O)CCCOCCOCCOCCOC)c23)c54. The van der Waals surface area contributed by atoms with Crippen LogP contribution in [0.1, 0.15) is 92.5 Å². The highest BCUT2D eigenvalue weighted by atomic mass is 16.6. The highest BCUT2D eigenvalue weighted by molar-refractivity contribution is 6.38. The number of rotatable bonds is 37. The van der Waals surface area contributed by atoms with E-state index in [1.54, 1.807) is 14.2 Å². The molecule has 18 heteroatoms. The molecule has 0 bridgehead atoms. The number of nitrogens with zero attached hydrogens (tertiary/aromatic N) is 1. The molecule has 0 fully saturated rings. The van der Waals surface area contributed by atoms with Crippen molar-refractivity contribution in [2.45, 2.75) is 84.3 Å². The van der Waals surface area contributed by atoms with Crippen molar-refractivity contribution < 1.29 is 72.6 Å². The molecule has 1 aliphatic rings. The molecular weight excluding hydrogens is 959 g/mol. The van der Waals surface area contributed by atoms with Gasteiger partial charge in [0.05, 0.1) is 110 Å². The lowest BCUT2D eigenvalue weighted by molar-refractivity contribution is -0.120. The number of fused-ring (bicyclic) bond motifs is 1. The average molecular weight is 1030 g/mol. The first-order chi connectivity index (χ1) is 35.9. The molecule has 5 aromatic carbocycles. The Bertz CT molecular complexity index is 2860. The number of aliphatic imine (C=N–C) groups is 1. The molecule has 0 aliphatic heterocycles. The third kappa shape index (κ3) is 13.8. The molecular formula is C56H73NO17. The Kier molecular flexibility index (Phi) is 22.9. The van der Waals surface area contributed by atoms with E-state index in [0.717, 1.165) is 0 Å². The van der Waals surface area contributed by atoms with Gasteiger partial charge in [0.15, 0.2) is 22.4 Å². The number of aliphatic hydroxyl groups excluding tert-OH is 2. The lowest BCUT2D eigenvalue weighted by Crippen LogP contribution is -2.15. The molecule has 6 rings (SSSR count). The maximum atomic E-state index is 14.3. The van der Waals surface area contributed by atoms with E-state index in [1.165, 1.54) is 19.2 Å². The number of hydrogen-bond donors (Lipinski definition) is 4. The Morgan fingerprint density at radius 2 is 1.00 bits per heavy atom. The van der Waals surface area contributed by atoms with E-state index in [9.17, 15) is 39.6 Å². The first kappa shape index (κ1) is 58.0. The van der Waals surface area contributed by atoms with Gasteiger partial charge in [0.25, 0.3) is 0 Å². The predicted molar refractivity (Wildman–Crippen MR) is 282 cm³/mol. The van der Waals surface area contributed by atoms with E-state index in [1.807, 2.05) is 19.9 Å². The normalized spacial score (nSPS) is 13.9. The number of phenols is 2. The maximum absolute atomic E-state index is 14.3.